The molecule has 0 aromatic heterocycles. The number of hydrogen-bond donors (Lipinski definition) is 1. The molecule has 2 unspecified atom stereocenters. The summed E-state index contributed by atoms with van der Waals surface area (Å²) in [6, 6.07) is 0.862. The minimum absolute atomic E-state index is 0.295. The van der Waals surface area contributed by atoms with E-state index in [1.54, 1.807) is 0 Å². The zero-order valence-electron chi connectivity index (χ0n) is 9.11. The van der Waals surface area contributed by atoms with Gasteiger partial charge in [0.15, 0.2) is 0 Å². The van der Waals surface area contributed by atoms with Crippen LogP contribution in [0.1, 0.15) is 19.3 Å². The third-order valence-electron chi connectivity index (χ3n) is 4.04. The lowest BCUT2D eigenvalue weighted by Gasteiger charge is -2.35. The highest BCUT2D eigenvalue weighted by Crippen LogP contribution is 2.37. The lowest BCUT2D eigenvalue weighted by molar-refractivity contribution is 0.133. The summed E-state index contributed by atoms with van der Waals surface area (Å²) in [5, 5.41) is 3.28. The van der Waals surface area contributed by atoms with Gasteiger partial charge < -0.3 is 15.1 Å². The first kappa shape index (κ1) is 9.46. The molecule has 4 heteroatoms. The summed E-state index contributed by atoms with van der Waals surface area (Å²) in [6.07, 6.45) is 3.84. The van der Waals surface area contributed by atoms with Gasteiger partial charge in [0.25, 0.3) is 0 Å². The summed E-state index contributed by atoms with van der Waals surface area (Å²) in [4.78, 5) is 16.3. The van der Waals surface area contributed by atoms with Crippen molar-refractivity contribution >= 4 is 6.03 Å². The SMILES string of the molecule is O=C(N1CCNCC1)N1CC2CCC1C2. The van der Waals surface area contributed by atoms with Gasteiger partial charge in [0.05, 0.1) is 0 Å². The molecule has 2 atom stereocenters. The van der Waals surface area contributed by atoms with Crippen LogP contribution >= 0.6 is 0 Å². The summed E-state index contributed by atoms with van der Waals surface area (Å²) >= 11 is 0. The van der Waals surface area contributed by atoms with Crippen LogP contribution in [0.4, 0.5) is 4.79 Å². The average molecular weight is 209 g/mol. The highest BCUT2D eigenvalue weighted by atomic mass is 16.2. The molecule has 3 fully saturated rings. The van der Waals surface area contributed by atoms with Gasteiger partial charge in [0, 0.05) is 38.8 Å². The Kier molecular flexibility index (Phi) is 2.31. The zero-order valence-corrected chi connectivity index (χ0v) is 9.11. The molecular formula is C11H19N3O. The number of likely N-dealkylation sites (tertiary alicyclic amines) is 1. The topological polar surface area (TPSA) is 35.6 Å². The molecule has 4 nitrogen and oxygen atoms in total. The van der Waals surface area contributed by atoms with Gasteiger partial charge in [-0.1, -0.05) is 0 Å². The summed E-state index contributed by atoms with van der Waals surface area (Å²) in [7, 11) is 0. The standard InChI is InChI=1S/C11H19N3O/c15-11(13-5-3-12-4-6-13)14-8-9-1-2-10(14)7-9/h9-10,12H,1-8H2. The van der Waals surface area contributed by atoms with Crippen LogP contribution in [0.2, 0.25) is 0 Å². The third kappa shape index (κ3) is 1.61. The van der Waals surface area contributed by atoms with Crippen molar-refractivity contribution in [2.24, 2.45) is 5.92 Å². The first-order chi connectivity index (χ1) is 7.34. The van der Waals surface area contributed by atoms with Crippen molar-refractivity contribution in [1.82, 2.24) is 15.1 Å². The van der Waals surface area contributed by atoms with Crippen LogP contribution in [0.15, 0.2) is 0 Å². The Bertz CT molecular complexity index is 263. The van der Waals surface area contributed by atoms with Gasteiger partial charge in [-0.3, -0.25) is 0 Å². The van der Waals surface area contributed by atoms with E-state index in [0.717, 1.165) is 38.6 Å². The predicted octanol–water partition coefficient (Wildman–Crippen LogP) is 0.496. The smallest absolute Gasteiger partial charge is 0.320 e. The minimum atomic E-state index is 0.295. The van der Waals surface area contributed by atoms with E-state index in [2.05, 4.69) is 10.2 Å². The lowest BCUT2D eigenvalue weighted by Crippen LogP contribution is -2.53. The molecular weight excluding hydrogens is 190 g/mol. The van der Waals surface area contributed by atoms with Gasteiger partial charge >= 0.3 is 6.03 Å². The molecule has 3 aliphatic rings. The van der Waals surface area contributed by atoms with Crippen molar-refractivity contribution in [3.05, 3.63) is 0 Å². The van der Waals surface area contributed by atoms with Gasteiger partial charge in [0.2, 0.25) is 0 Å². The fourth-order valence-corrected chi connectivity index (χ4v) is 3.20. The molecule has 15 heavy (non-hydrogen) atoms. The van der Waals surface area contributed by atoms with E-state index in [1.807, 2.05) is 4.90 Å². The molecule has 2 aliphatic heterocycles. The maximum absolute atomic E-state index is 12.2. The molecule has 0 spiro atoms. The van der Waals surface area contributed by atoms with Crippen LogP contribution in [0.5, 0.6) is 0 Å². The van der Waals surface area contributed by atoms with Crippen molar-refractivity contribution in [2.75, 3.05) is 32.7 Å². The molecule has 0 aromatic carbocycles. The van der Waals surface area contributed by atoms with Crippen LogP contribution in [-0.2, 0) is 0 Å². The van der Waals surface area contributed by atoms with Crippen LogP contribution in [0, 0.1) is 5.92 Å². The number of piperidine rings is 1. The fraction of sp³-hybridized carbons (Fsp3) is 0.909. The second-order valence-corrected chi connectivity index (χ2v) is 5.00. The Morgan fingerprint density at radius 3 is 2.60 bits per heavy atom. The Morgan fingerprint density at radius 2 is 2.00 bits per heavy atom. The number of carbonyl (C=O) groups excluding carboxylic acids is 1. The second-order valence-electron chi connectivity index (χ2n) is 5.00. The number of amides is 2. The molecule has 3 rings (SSSR count). The molecule has 0 aromatic rings. The van der Waals surface area contributed by atoms with E-state index in [9.17, 15) is 4.79 Å². The molecule has 1 aliphatic carbocycles. The molecule has 0 radical (unpaired) electrons. The van der Waals surface area contributed by atoms with Crippen molar-refractivity contribution < 1.29 is 4.79 Å². The number of piperazine rings is 1. The van der Waals surface area contributed by atoms with E-state index in [-0.39, 0.29) is 0 Å². The Morgan fingerprint density at radius 1 is 1.20 bits per heavy atom. The Hall–Kier alpha value is -0.770. The van der Waals surface area contributed by atoms with E-state index < -0.39 is 0 Å². The summed E-state index contributed by atoms with van der Waals surface area (Å²) in [5.41, 5.74) is 0. The summed E-state index contributed by atoms with van der Waals surface area (Å²) in [6.45, 7) is 4.69. The number of rotatable bonds is 0. The molecule has 2 bridgehead atoms. The quantitative estimate of drug-likeness (QED) is 0.630. The van der Waals surface area contributed by atoms with E-state index >= 15 is 0 Å². The minimum Gasteiger partial charge on any atom is -0.322 e. The third-order valence-corrected chi connectivity index (χ3v) is 4.04. The van der Waals surface area contributed by atoms with E-state index in [0.29, 0.717) is 12.1 Å². The molecule has 1 saturated carbocycles. The molecule has 2 heterocycles. The number of nitrogens with one attached hydrogen (secondary N) is 1. The highest BCUT2D eigenvalue weighted by molar-refractivity contribution is 5.75. The van der Waals surface area contributed by atoms with Crippen LogP contribution in [0.25, 0.3) is 0 Å². The number of nitrogens with zero attached hydrogens (tertiary/aromatic N) is 2. The predicted molar refractivity (Wildman–Crippen MR) is 57.7 cm³/mol. The first-order valence-electron chi connectivity index (χ1n) is 6.11. The van der Waals surface area contributed by atoms with Crippen LogP contribution in [0.3, 0.4) is 0 Å². The molecule has 84 valence electrons. The van der Waals surface area contributed by atoms with Crippen molar-refractivity contribution in [3.8, 4) is 0 Å². The van der Waals surface area contributed by atoms with Crippen LogP contribution in [-0.4, -0.2) is 54.6 Å². The normalized spacial score (nSPS) is 34.9. The largest absolute Gasteiger partial charge is 0.322 e. The number of hydrogen-bond acceptors (Lipinski definition) is 2. The van der Waals surface area contributed by atoms with Gasteiger partial charge in [-0.2, -0.15) is 0 Å². The Labute approximate surface area is 90.6 Å². The van der Waals surface area contributed by atoms with Gasteiger partial charge in [0.1, 0.15) is 0 Å². The molecule has 1 N–H and O–H groups in total. The number of fused-ring (bicyclic) bond motifs is 2. The summed E-state index contributed by atoms with van der Waals surface area (Å²) < 4.78 is 0. The molecule has 2 amide bonds. The van der Waals surface area contributed by atoms with Gasteiger partial charge in [-0.05, 0) is 25.2 Å². The van der Waals surface area contributed by atoms with Crippen LogP contribution < -0.4 is 5.32 Å². The zero-order chi connectivity index (χ0) is 10.3. The molecule has 2 saturated heterocycles. The maximum Gasteiger partial charge on any atom is 0.320 e. The average Bonchev–Trinajstić information content (AvgIpc) is 2.91. The van der Waals surface area contributed by atoms with Gasteiger partial charge in [-0.25, -0.2) is 4.79 Å². The van der Waals surface area contributed by atoms with E-state index in [4.69, 9.17) is 0 Å². The fourth-order valence-electron chi connectivity index (χ4n) is 3.20. The Balaban J connectivity index is 1.64. The van der Waals surface area contributed by atoms with Crippen molar-refractivity contribution in [1.29, 1.82) is 0 Å². The monoisotopic (exact) mass is 209 g/mol. The van der Waals surface area contributed by atoms with E-state index in [1.165, 1.54) is 19.3 Å². The number of carbonyl (C=O) groups is 1. The highest BCUT2D eigenvalue weighted by Gasteiger charge is 2.41. The van der Waals surface area contributed by atoms with Gasteiger partial charge in [-0.15, -0.1) is 0 Å². The van der Waals surface area contributed by atoms with Crippen molar-refractivity contribution in [2.45, 2.75) is 25.3 Å². The maximum atomic E-state index is 12.2. The first-order valence-corrected chi connectivity index (χ1v) is 6.11. The second kappa shape index (κ2) is 3.67. The summed E-state index contributed by atoms with van der Waals surface area (Å²) in [5.74, 6) is 0.807. The van der Waals surface area contributed by atoms with Crippen molar-refractivity contribution in [3.63, 3.8) is 0 Å². The number of urea groups is 1. The lowest BCUT2D eigenvalue weighted by atomic mass is 10.1.